The monoisotopic (exact) mass is 309 g/mol. The zero-order chi connectivity index (χ0) is 16.2. The predicted octanol–water partition coefficient (Wildman–Crippen LogP) is 4.49. The first kappa shape index (κ1) is 16.2. The molecule has 1 aliphatic rings. The first-order valence-electron chi connectivity index (χ1n) is 8.76. The molecule has 0 spiro atoms. The maximum atomic E-state index is 11.0. The van der Waals surface area contributed by atoms with E-state index in [4.69, 9.17) is 0 Å². The number of hydrogen-bond acceptors (Lipinski definition) is 2. The summed E-state index contributed by atoms with van der Waals surface area (Å²) in [7, 11) is 0. The van der Waals surface area contributed by atoms with E-state index in [2.05, 4.69) is 73.8 Å². The molecule has 2 nitrogen and oxygen atoms in total. The number of rotatable bonds is 4. The van der Waals surface area contributed by atoms with Crippen molar-refractivity contribution in [2.45, 2.75) is 44.9 Å². The molecule has 0 aromatic heterocycles. The van der Waals surface area contributed by atoms with Crippen molar-refractivity contribution >= 4 is 0 Å². The van der Waals surface area contributed by atoms with Gasteiger partial charge in [-0.05, 0) is 17.5 Å². The van der Waals surface area contributed by atoms with Crippen LogP contribution in [0, 0.1) is 11.8 Å². The lowest BCUT2D eigenvalue weighted by Crippen LogP contribution is -2.49. The predicted molar refractivity (Wildman–Crippen MR) is 95.1 cm³/mol. The summed E-state index contributed by atoms with van der Waals surface area (Å²) in [5.74, 6) is 0.464. The van der Waals surface area contributed by atoms with Crippen LogP contribution in [0.4, 0.5) is 0 Å². The molecule has 2 N–H and O–H groups in total. The van der Waals surface area contributed by atoms with E-state index < -0.39 is 0 Å². The third kappa shape index (κ3) is 3.34. The molecule has 1 heterocycles. The van der Waals surface area contributed by atoms with Crippen LogP contribution < -0.4 is 5.32 Å². The van der Waals surface area contributed by atoms with Crippen LogP contribution >= 0.6 is 0 Å². The minimum absolute atomic E-state index is 0.185. The van der Waals surface area contributed by atoms with Gasteiger partial charge in [0, 0.05) is 23.9 Å². The molecule has 3 rings (SSSR count). The van der Waals surface area contributed by atoms with Crippen molar-refractivity contribution < 1.29 is 5.11 Å². The molecule has 1 aliphatic heterocycles. The molecule has 1 saturated heterocycles. The average molecular weight is 309 g/mol. The van der Waals surface area contributed by atoms with Crippen LogP contribution in [0.2, 0.25) is 0 Å². The molecule has 23 heavy (non-hydrogen) atoms. The summed E-state index contributed by atoms with van der Waals surface area (Å²) >= 11 is 0. The second kappa shape index (κ2) is 7.29. The van der Waals surface area contributed by atoms with Crippen LogP contribution in [-0.2, 0) is 0 Å². The Bertz CT molecular complexity index is 598. The average Bonchev–Trinajstić information content (AvgIpc) is 2.61. The van der Waals surface area contributed by atoms with Gasteiger partial charge in [-0.3, -0.25) is 0 Å². The van der Waals surface area contributed by atoms with Crippen molar-refractivity contribution in [2.24, 2.45) is 11.8 Å². The highest BCUT2D eigenvalue weighted by atomic mass is 16.3. The molecule has 0 bridgehead atoms. The lowest BCUT2D eigenvalue weighted by molar-refractivity contribution is -0.0184. The normalized spacial score (nSPS) is 31.0. The standard InChI is InChI=1S/C21H27NO/c1-3-10-18-20(17-13-8-5-9-14-17)22-19(15(2)21(18)23)16-11-6-4-7-12-16/h4-9,11-15,18-23H,3,10H2,1-2H3/t15-,18-,19-,20+,21+/m0/s1. The van der Waals surface area contributed by atoms with Gasteiger partial charge in [0.2, 0.25) is 0 Å². The van der Waals surface area contributed by atoms with Gasteiger partial charge in [0.15, 0.2) is 0 Å². The third-order valence-corrected chi connectivity index (χ3v) is 5.23. The second-order valence-electron chi connectivity index (χ2n) is 6.75. The van der Waals surface area contributed by atoms with Crippen molar-refractivity contribution in [3.05, 3.63) is 71.8 Å². The van der Waals surface area contributed by atoms with Crippen LogP contribution in [0.25, 0.3) is 0 Å². The lowest BCUT2D eigenvalue weighted by Gasteiger charge is -2.45. The molecule has 1 fully saturated rings. The Morgan fingerprint density at radius 3 is 1.91 bits per heavy atom. The Kier molecular flexibility index (Phi) is 5.14. The largest absolute Gasteiger partial charge is 0.392 e. The Morgan fingerprint density at radius 1 is 0.870 bits per heavy atom. The van der Waals surface area contributed by atoms with Gasteiger partial charge in [-0.25, -0.2) is 0 Å². The quantitative estimate of drug-likeness (QED) is 0.872. The summed E-state index contributed by atoms with van der Waals surface area (Å²) in [6.45, 7) is 4.36. The highest BCUT2D eigenvalue weighted by Crippen LogP contribution is 2.42. The van der Waals surface area contributed by atoms with Crippen molar-refractivity contribution in [3.8, 4) is 0 Å². The van der Waals surface area contributed by atoms with E-state index in [1.54, 1.807) is 0 Å². The fraction of sp³-hybridized carbons (Fsp3) is 0.429. The van der Waals surface area contributed by atoms with Gasteiger partial charge < -0.3 is 10.4 Å². The van der Waals surface area contributed by atoms with Crippen LogP contribution in [0.1, 0.15) is 49.9 Å². The Morgan fingerprint density at radius 2 is 1.39 bits per heavy atom. The number of aliphatic hydroxyl groups excluding tert-OH is 1. The zero-order valence-corrected chi connectivity index (χ0v) is 14.0. The summed E-state index contributed by atoms with van der Waals surface area (Å²) in [5, 5.41) is 14.8. The maximum Gasteiger partial charge on any atom is 0.0630 e. The Hall–Kier alpha value is -1.64. The summed E-state index contributed by atoms with van der Waals surface area (Å²) in [5.41, 5.74) is 2.53. The highest BCUT2D eigenvalue weighted by molar-refractivity contribution is 5.26. The van der Waals surface area contributed by atoms with Gasteiger partial charge in [0.25, 0.3) is 0 Å². The molecule has 0 saturated carbocycles. The molecule has 0 radical (unpaired) electrons. The van der Waals surface area contributed by atoms with Crippen molar-refractivity contribution in [1.82, 2.24) is 5.32 Å². The number of nitrogens with one attached hydrogen (secondary N) is 1. The van der Waals surface area contributed by atoms with Crippen LogP contribution in [0.3, 0.4) is 0 Å². The van der Waals surface area contributed by atoms with Crippen molar-refractivity contribution in [2.75, 3.05) is 0 Å². The molecule has 2 heteroatoms. The smallest absolute Gasteiger partial charge is 0.0630 e. The van der Waals surface area contributed by atoms with E-state index in [9.17, 15) is 5.11 Å². The van der Waals surface area contributed by atoms with Gasteiger partial charge >= 0.3 is 0 Å². The number of hydrogen-bond donors (Lipinski definition) is 2. The van der Waals surface area contributed by atoms with Crippen molar-refractivity contribution in [1.29, 1.82) is 0 Å². The lowest BCUT2D eigenvalue weighted by atomic mass is 9.72. The topological polar surface area (TPSA) is 32.3 Å². The Balaban J connectivity index is 1.94. The number of aliphatic hydroxyl groups is 1. The SMILES string of the molecule is CCC[C@@H]1[C@H](O)[C@@H](C)[C@@H](c2ccccc2)N[C@@H]1c1ccccc1. The molecule has 0 unspecified atom stereocenters. The molecule has 0 amide bonds. The fourth-order valence-corrected chi connectivity index (χ4v) is 3.99. The second-order valence-corrected chi connectivity index (χ2v) is 6.75. The van der Waals surface area contributed by atoms with E-state index >= 15 is 0 Å². The number of benzene rings is 2. The minimum Gasteiger partial charge on any atom is -0.392 e. The molecule has 0 aliphatic carbocycles. The molecule has 5 atom stereocenters. The third-order valence-electron chi connectivity index (χ3n) is 5.23. The molecular weight excluding hydrogens is 282 g/mol. The van der Waals surface area contributed by atoms with E-state index in [1.807, 2.05) is 6.07 Å². The minimum atomic E-state index is -0.286. The summed E-state index contributed by atoms with van der Waals surface area (Å²) < 4.78 is 0. The molecule has 2 aromatic rings. The van der Waals surface area contributed by atoms with Crippen LogP contribution in [-0.4, -0.2) is 11.2 Å². The molecular formula is C21H27NO. The highest BCUT2D eigenvalue weighted by Gasteiger charge is 2.41. The van der Waals surface area contributed by atoms with E-state index in [0.29, 0.717) is 0 Å². The van der Waals surface area contributed by atoms with Gasteiger partial charge in [-0.15, -0.1) is 0 Å². The zero-order valence-electron chi connectivity index (χ0n) is 14.0. The Labute approximate surface area is 139 Å². The fourth-order valence-electron chi connectivity index (χ4n) is 3.99. The van der Waals surface area contributed by atoms with Gasteiger partial charge in [-0.1, -0.05) is 80.9 Å². The van der Waals surface area contributed by atoms with Crippen molar-refractivity contribution in [3.63, 3.8) is 0 Å². The first-order valence-corrected chi connectivity index (χ1v) is 8.76. The van der Waals surface area contributed by atoms with Gasteiger partial charge in [-0.2, -0.15) is 0 Å². The van der Waals surface area contributed by atoms with Gasteiger partial charge in [0.1, 0.15) is 0 Å². The van der Waals surface area contributed by atoms with E-state index in [1.165, 1.54) is 11.1 Å². The van der Waals surface area contributed by atoms with Crippen LogP contribution in [0.15, 0.2) is 60.7 Å². The van der Waals surface area contributed by atoms with Gasteiger partial charge in [0.05, 0.1) is 6.10 Å². The first-order chi connectivity index (χ1) is 11.2. The molecule has 2 aromatic carbocycles. The summed E-state index contributed by atoms with van der Waals surface area (Å²) in [6.07, 6.45) is 1.85. The van der Waals surface area contributed by atoms with Crippen LogP contribution in [0.5, 0.6) is 0 Å². The summed E-state index contributed by atoms with van der Waals surface area (Å²) in [6, 6.07) is 21.5. The maximum absolute atomic E-state index is 11.0. The summed E-state index contributed by atoms with van der Waals surface area (Å²) in [4.78, 5) is 0. The number of piperidine rings is 1. The van der Waals surface area contributed by atoms with E-state index in [-0.39, 0.29) is 30.0 Å². The van der Waals surface area contributed by atoms with E-state index in [0.717, 1.165) is 12.8 Å². The molecule has 122 valence electrons.